The van der Waals surface area contributed by atoms with Crippen LogP contribution in [0.4, 0.5) is 0 Å². The van der Waals surface area contributed by atoms with Crippen molar-refractivity contribution in [1.82, 2.24) is 0 Å². The minimum atomic E-state index is -0.0154. The second kappa shape index (κ2) is 4.55. The molecule has 1 aromatic carbocycles. The van der Waals surface area contributed by atoms with E-state index in [0.717, 1.165) is 25.0 Å². The van der Waals surface area contributed by atoms with Crippen molar-refractivity contribution in [2.45, 2.75) is 31.6 Å². The Kier molecular flexibility index (Phi) is 3.00. The van der Waals surface area contributed by atoms with Gasteiger partial charge in [-0.05, 0) is 49.8 Å². The molecule has 1 unspecified atom stereocenters. The number of fused-ring (bicyclic) bond motifs is 1. The lowest BCUT2D eigenvalue weighted by Crippen LogP contribution is -2.40. The Balaban J connectivity index is 1.87. The van der Waals surface area contributed by atoms with Crippen LogP contribution in [-0.4, -0.2) is 19.7 Å². The van der Waals surface area contributed by atoms with Crippen LogP contribution in [0.5, 0.6) is 5.75 Å². The number of hydrogen-bond acceptors (Lipinski definition) is 3. The molecule has 3 saturated carbocycles. The Hall–Kier alpha value is -1.51. The van der Waals surface area contributed by atoms with Crippen LogP contribution in [-0.2, 0) is 14.9 Å². The number of rotatable bonds is 4. The summed E-state index contributed by atoms with van der Waals surface area (Å²) in [5.74, 6) is 1.60. The third-order valence-corrected chi connectivity index (χ3v) is 4.78. The van der Waals surface area contributed by atoms with E-state index in [-0.39, 0.29) is 17.3 Å². The molecular weight excluding hydrogens is 240 g/mol. The molecule has 0 saturated heterocycles. The fourth-order valence-electron chi connectivity index (χ4n) is 3.91. The number of methoxy groups -OCH3 is 1. The molecule has 3 aliphatic carbocycles. The summed E-state index contributed by atoms with van der Waals surface area (Å²) in [5, 5.41) is 0. The van der Waals surface area contributed by atoms with E-state index < -0.39 is 0 Å². The van der Waals surface area contributed by atoms with Crippen LogP contribution in [0.25, 0.3) is 0 Å². The Bertz CT molecular complexity index is 471. The second-order valence-corrected chi connectivity index (χ2v) is 5.70. The van der Waals surface area contributed by atoms with Crippen molar-refractivity contribution in [3.05, 3.63) is 29.8 Å². The van der Waals surface area contributed by atoms with E-state index in [9.17, 15) is 4.79 Å². The second-order valence-electron chi connectivity index (χ2n) is 5.70. The van der Waals surface area contributed by atoms with Crippen molar-refractivity contribution in [2.24, 2.45) is 11.8 Å². The Morgan fingerprint density at radius 2 is 2.00 bits per heavy atom. The lowest BCUT2D eigenvalue weighted by molar-refractivity contribution is -0.149. The first-order valence-electron chi connectivity index (χ1n) is 7.01. The molecule has 0 aliphatic heterocycles. The average Bonchev–Trinajstić information content (AvgIpc) is 2.95. The molecule has 0 aromatic heterocycles. The standard InChI is InChI=1S/C16H20O3/c1-3-19-15(17)14-8-11-9-16(14,10-11)12-4-6-13(18-2)7-5-12/h4-7,11,14H,3,8-10H2,1-2H3. The highest BCUT2D eigenvalue weighted by molar-refractivity contribution is 5.76. The predicted molar refractivity (Wildman–Crippen MR) is 72.1 cm³/mol. The summed E-state index contributed by atoms with van der Waals surface area (Å²) in [6.45, 7) is 2.34. The Morgan fingerprint density at radius 3 is 2.58 bits per heavy atom. The highest BCUT2D eigenvalue weighted by atomic mass is 16.5. The van der Waals surface area contributed by atoms with Gasteiger partial charge in [-0.25, -0.2) is 0 Å². The van der Waals surface area contributed by atoms with E-state index >= 15 is 0 Å². The van der Waals surface area contributed by atoms with Gasteiger partial charge in [0.1, 0.15) is 5.75 Å². The van der Waals surface area contributed by atoms with Crippen LogP contribution in [0.3, 0.4) is 0 Å². The van der Waals surface area contributed by atoms with Crippen molar-refractivity contribution in [3.8, 4) is 5.75 Å². The monoisotopic (exact) mass is 260 g/mol. The third-order valence-electron chi connectivity index (χ3n) is 4.78. The summed E-state index contributed by atoms with van der Waals surface area (Å²) >= 11 is 0. The van der Waals surface area contributed by atoms with E-state index in [4.69, 9.17) is 9.47 Å². The molecular formula is C16H20O3. The summed E-state index contributed by atoms with van der Waals surface area (Å²) in [6, 6.07) is 8.18. The van der Waals surface area contributed by atoms with Gasteiger partial charge >= 0.3 is 5.97 Å². The van der Waals surface area contributed by atoms with Gasteiger partial charge in [-0.1, -0.05) is 12.1 Å². The SMILES string of the molecule is CCOC(=O)C1CC2CC1(c1ccc(OC)cc1)C2. The topological polar surface area (TPSA) is 35.5 Å². The molecule has 4 rings (SSSR count). The fourth-order valence-corrected chi connectivity index (χ4v) is 3.91. The van der Waals surface area contributed by atoms with Gasteiger partial charge in [-0.15, -0.1) is 0 Å². The summed E-state index contributed by atoms with van der Waals surface area (Å²) in [7, 11) is 1.67. The molecule has 3 nitrogen and oxygen atoms in total. The molecule has 3 heteroatoms. The smallest absolute Gasteiger partial charge is 0.309 e. The van der Waals surface area contributed by atoms with Crippen molar-refractivity contribution in [1.29, 1.82) is 0 Å². The first kappa shape index (κ1) is 12.5. The first-order chi connectivity index (χ1) is 9.19. The van der Waals surface area contributed by atoms with Crippen LogP contribution in [0.1, 0.15) is 31.7 Å². The lowest BCUT2D eigenvalue weighted by atomic mass is 9.62. The fraction of sp³-hybridized carbons (Fsp3) is 0.562. The highest BCUT2D eigenvalue weighted by Crippen LogP contribution is 2.63. The van der Waals surface area contributed by atoms with Crippen LogP contribution < -0.4 is 4.74 Å². The normalized spacial score (nSPS) is 31.7. The third kappa shape index (κ3) is 1.83. The summed E-state index contributed by atoms with van der Waals surface area (Å²) in [4.78, 5) is 12.1. The Morgan fingerprint density at radius 1 is 1.32 bits per heavy atom. The van der Waals surface area contributed by atoms with Crippen molar-refractivity contribution < 1.29 is 14.3 Å². The number of carbonyl (C=O) groups is 1. The van der Waals surface area contributed by atoms with Gasteiger partial charge in [-0.3, -0.25) is 4.79 Å². The maximum Gasteiger partial charge on any atom is 0.309 e. The molecule has 0 amide bonds. The van der Waals surface area contributed by atoms with Gasteiger partial charge in [-0.2, -0.15) is 0 Å². The molecule has 3 aliphatic rings. The van der Waals surface area contributed by atoms with E-state index in [1.54, 1.807) is 7.11 Å². The number of ether oxygens (including phenoxy) is 2. The number of benzene rings is 1. The number of carbonyl (C=O) groups excluding carboxylic acids is 1. The van der Waals surface area contributed by atoms with Gasteiger partial charge in [0, 0.05) is 5.41 Å². The van der Waals surface area contributed by atoms with Crippen molar-refractivity contribution >= 4 is 5.97 Å². The summed E-state index contributed by atoms with van der Waals surface area (Å²) in [5.41, 5.74) is 1.29. The highest BCUT2D eigenvalue weighted by Gasteiger charge is 2.60. The first-order valence-corrected chi connectivity index (χ1v) is 7.01. The zero-order valence-electron chi connectivity index (χ0n) is 11.5. The minimum absolute atomic E-state index is 0.0154. The largest absolute Gasteiger partial charge is 0.497 e. The summed E-state index contributed by atoms with van der Waals surface area (Å²) in [6.07, 6.45) is 3.25. The van der Waals surface area contributed by atoms with Gasteiger partial charge < -0.3 is 9.47 Å². The number of hydrogen-bond donors (Lipinski definition) is 0. The molecule has 0 spiro atoms. The molecule has 0 radical (unpaired) electrons. The molecule has 2 bridgehead atoms. The van der Waals surface area contributed by atoms with Crippen molar-refractivity contribution in [3.63, 3.8) is 0 Å². The average molecular weight is 260 g/mol. The van der Waals surface area contributed by atoms with Crippen LogP contribution in [0, 0.1) is 11.8 Å². The van der Waals surface area contributed by atoms with E-state index in [1.807, 2.05) is 19.1 Å². The van der Waals surface area contributed by atoms with Gasteiger partial charge in [0.15, 0.2) is 0 Å². The number of esters is 1. The Labute approximate surface area is 113 Å². The van der Waals surface area contributed by atoms with E-state index in [1.165, 1.54) is 5.56 Å². The predicted octanol–water partition coefficient (Wildman–Crippen LogP) is 2.93. The maximum absolute atomic E-state index is 12.1. The molecule has 1 atom stereocenters. The zero-order valence-corrected chi connectivity index (χ0v) is 11.5. The quantitative estimate of drug-likeness (QED) is 0.781. The van der Waals surface area contributed by atoms with Crippen LogP contribution in [0.15, 0.2) is 24.3 Å². The van der Waals surface area contributed by atoms with Crippen LogP contribution >= 0.6 is 0 Å². The minimum Gasteiger partial charge on any atom is -0.497 e. The molecule has 102 valence electrons. The lowest BCUT2D eigenvalue weighted by Gasteiger charge is -2.41. The molecule has 3 fully saturated rings. The van der Waals surface area contributed by atoms with Crippen LogP contribution in [0.2, 0.25) is 0 Å². The molecule has 0 N–H and O–H groups in total. The molecule has 19 heavy (non-hydrogen) atoms. The molecule has 1 aromatic rings. The van der Waals surface area contributed by atoms with Crippen molar-refractivity contribution in [2.75, 3.05) is 13.7 Å². The summed E-state index contributed by atoms with van der Waals surface area (Å²) < 4.78 is 10.4. The van der Waals surface area contributed by atoms with E-state index in [2.05, 4.69) is 12.1 Å². The van der Waals surface area contributed by atoms with Gasteiger partial charge in [0.25, 0.3) is 0 Å². The zero-order chi connectivity index (χ0) is 13.5. The molecule has 0 heterocycles. The van der Waals surface area contributed by atoms with Gasteiger partial charge in [0.05, 0.1) is 19.6 Å². The maximum atomic E-state index is 12.1. The van der Waals surface area contributed by atoms with E-state index in [0.29, 0.717) is 12.5 Å². The van der Waals surface area contributed by atoms with Gasteiger partial charge in [0.2, 0.25) is 0 Å².